The Morgan fingerprint density at radius 2 is 1.78 bits per heavy atom. The second-order valence-corrected chi connectivity index (χ2v) is 6.61. The first-order chi connectivity index (χ1) is 11.2. The molecule has 0 unspecified atom stereocenters. The summed E-state index contributed by atoms with van der Waals surface area (Å²) in [6.07, 6.45) is 0. The van der Waals surface area contributed by atoms with Gasteiger partial charge in [-0.3, -0.25) is 4.79 Å². The van der Waals surface area contributed by atoms with Gasteiger partial charge in [-0.1, -0.05) is 36.4 Å². The van der Waals surface area contributed by atoms with E-state index in [1.54, 1.807) is 0 Å². The summed E-state index contributed by atoms with van der Waals surface area (Å²) >= 11 is 1.50. The molecule has 0 aliphatic carbocycles. The van der Waals surface area contributed by atoms with E-state index in [0.717, 1.165) is 26.8 Å². The smallest absolute Gasteiger partial charge is 0.261 e. The number of carbonyl (C=O) groups excluding carboxylic acids is 1. The van der Waals surface area contributed by atoms with E-state index in [0.29, 0.717) is 4.88 Å². The third-order valence-corrected chi connectivity index (χ3v) is 4.98. The third kappa shape index (κ3) is 2.62. The van der Waals surface area contributed by atoms with Crippen molar-refractivity contribution in [2.45, 2.75) is 13.0 Å². The lowest BCUT2D eigenvalue weighted by Gasteiger charge is -2.10. The van der Waals surface area contributed by atoms with Gasteiger partial charge in [0.15, 0.2) is 0 Å². The topological polar surface area (TPSA) is 42.2 Å². The zero-order valence-corrected chi connectivity index (χ0v) is 13.4. The summed E-state index contributed by atoms with van der Waals surface area (Å²) in [4.78, 5) is 13.2. The molecular formula is C19H15NO2S. The van der Waals surface area contributed by atoms with Crippen LogP contribution in [0.4, 0.5) is 0 Å². The fourth-order valence-corrected chi connectivity index (χ4v) is 3.61. The highest BCUT2D eigenvalue weighted by atomic mass is 32.1. The Bertz CT molecular complexity index is 933. The molecule has 0 radical (unpaired) electrons. The van der Waals surface area contributed by atoms with E-state index < -0.39 is 0 Å². The lowest BCUT2D eigenvalue weighted by molar-refractivity contribution is 0.0940. The first kappa shape index (κ1) is 14.0. The number of nitrogens with one attached hydrogen (secondary N) is 1. The summed E-state index contributed by atoms with van der Waals surface area (Å²) < 4.78 is 6.93. The highest BCUT2D eigenvalue weighted by Crippen LogP contribution is 2.27. The first-order valence-corrected chi connectivity index (χ1v) is 8.30. The Hall–Kier alpha value is -2.59. The molecule has 0 fully saturated rings. The zero-order chi connectivity index (χ0) is 15.8. The largest absolute Gasteiger partial charge is 0.459 e. The molecule has 4 heteroatoms. The molecule has 0 spiro atoms. The van der Waals surface area contributed by atoms with Crippen LogP contribution in [0.2, 0.25) is 0 Å². The standard InChI is InChI=1S/C19H15NO2S/c1-12(16-10-13-6-2-4-8-15(13)22-16)20-19(21)18-11-14-7-3-5-9-17(14)23-18/h2-12H,1H3,(H,20,21)/t12-/m1/s1. The molecule has 2 aromatic carbocycles. The minimum Gasteiger partial charge on any atom is -0.459 e. The lowest BCUT2D eigenvalue weighted by atomic mass is 10.2. The van der Waals surface area contributed by atoms with Crippen LogP contribution in [-0.2, 0) is 0 Å². The summed E-state index contributed by atoms with van der Waals surface area (Å²) in [5.41, 5.74) is 0.838. The number of benzene rings is 2. The first-order valence-electron chi connectivity index (χ1n) is 7.48. The number of hydrogen-bond acceptors (Lipinski definition) is 3. The van der Waals surface area contributed by atoms with E-state index in [1.807, 2.05) is 67.6 Å². The fourth-order valence-electron chi connectivity index (χ4n) is 2.65. The van der Waals surface area contributed by atoms with Gasteiger partial charge in [-0.05, 0) is 36.6 Å². The lowest BCUT2D eigenvalue weighted by Crippen LogP contribution is -2.25. The molecule has 2 aromatic heterocycles. The van der Waals surface area contributed by atoms with E-state index >= 15 is 0 Å². The van der Waals surface area contributed by atoms with Gasteiger partial charge in [0, 0.05) is 10.1 Å². The Kier molecular flexibility index (Phi) is 3.39. The van der Waals surface area contributed by atoms with E-state index in [4.69, 9.17) is 4.42 Å². The summed E-state index contributed by atoms with van der Waals surface area (Å²) in [7, 11) is 0. The van der Waals surface area contributed by atoms with Crippen LogP contribution in [0.25, 0.3) is 21.1 Å². The quantitative estimate of drug-likeness (QED) is 0.568. The molecule has 4 aromatic rings. The van der Waals surface area contributed by atoms with E-state index in [1.165, 1.54) is 11.3 Å². The van der Waals surface area contributed by atoms with E-state index in [2.05, 4.69) is 5.32 Å². The summed E-state index contributed by atoms with van der Waals surface area (Å²) in [5, 5.41) is 5.16. The molecule has 0 aliphatic rings. The highest BCUT2D eigenvalue weighted by Gasteiger charge is 2.16. The van der Waals surface area contributed by atoms with Crippen molar-refractivity contribution in [3.63, 3.8) is 0 Å². The van der Waals surface area contributed by atoms with Crippen LogP contribution >= 0.6 is 11.3 Å². The van der Waals surface area contributed by atoms with Crippen LogP contribution in [0.3, 0.4) is 0 Å². The van der Waals surface area contributed by atoms with Crippen LogP contribution in [0.5, 0.6) is 0 Å². The van der Waals surface area contributed by atoms with Gasteiger partial charge in [0.1, 0.15) is 11.3 Å². The molecule has 3 nitrogen and oxygen atoms in total. The van der Waals surface area contributed by atoms with Gasteiger partial charge in [0.25, 0.3) is 5.91 Å². The van der Waals surface area contributed by atoms with Crippen molar-refractivity contribution in [2.75, 3.05) is 0 Å². The molecular weight excluding hydrogens is 306 g/mol. The van der Waals surface area contributed by atoms with Crippen molar-refractivity contribution in [1.82, 2.24) is 5.32 Å². The molecule has 23 heavy (non-hydrogen) atoms. The van der Waals surface area contributed by atoms with Gasteiger partial charge >= 0.3 is 0 Å². The van der Waals surface area contributed by atoms with Crippen LogP contribution in [0.15, 0.2) is 65.1 Å². The molecule has 1 atom stereocenters. The average Bonchev–Trinajstić information content (AvgIpc) is 3.18. The van der Waals surface area contributed by atoms with Gasteiger partial charge in [-0.25, -0.2) is 0 Å². The predicted octanol–water partition coefficient (Wildman–Crippen LogP) is 5.14. The van der Waals surface area contributed by atoms with Crippen molar-refractivity contribution in [3.8, 4) is 0 Å². The van der Waals surface area contributed by atoms with Crippen molar-refractivity contribution in [3.05, 3.63) is 71.3 Å². The second kappa shape index (κ2) is 5.56. The van der Waals surface area contributed by atoms with Gasteiger partial charge in [0.2, 0.25) is 0 Å². The maximum Gasteiger partial charge on any atom is 0.261 e. The summed E-state index contributed by atoms with van der Waals surface area (Å²) in [5.74, 6) is 0.694. The Balaban J connectivity index is 1.57. The molecule has 0 saturated carbocycles. The maximum absolute atomic E-state index is 12.5. The fraction of sp³-hybridized carbons (Fsp3) is 0.105. The predicted molar refractivity (Wildman–Crippen MR) is 93.9 cm³/mol. The summed E-state index contributed by atoms with van der Waals surface area (Å²) in [6.45, 7) is 1.93. The molecule has 1 N–H and O–H groups in total. The Morgan fingerprint density at radius 1 is 1.04 bits per heavy atom. The number of thiophene rings is 1. The van der Waals surface area contributed by atoms with Gasteiger partial charge < -0.3 is 9.73 Å². The van der Waals surface area contributed by atoms with Crippen molar-refractivity contribution in [2.24, 2.45) is 0 Å². The number of fused-ring (bicyclic) bond motifs is 2. The van der Waals surface area contributed by atoms with Crippen LogP contribution in [-0.4, -0.2) is 5.91 Å². The number of hydrogen-bond donors (Lipinski definition) is 1. The van der Waals surface area contributed by atoms with Gasteiger partial charge in [-0.2, -0.15) is 0 Å². The zero-order valence-electron chi connectivity index (χ0n) is 12.6. The Labute approximate surface area is 137 Å². The van der Waals surface area contributed by atoms with Crippen molar-refractivity contribution >= 4 is 38.3 Å². The third-order valence-electron chi connectivity index (χ3n) is 3.87. The molecule has 114 valence electrons. The number of furan rings is 1. The van der Waals surface area contributed by atoms with Crippen LogP contribution < -0.4 is 5.32 Å². The number of rotatable bonds is 3. The van der Waals surface area contributed by atoms with Gasteiger partial charge in [-0.15, -0.1) is 11.3 Å². The molecule has 0 saturated heterocycles. The van der Waals surface area contributed by atoms with E-state index in [-0.39, 0.29) is 11.9 Å². The molecule has 0 bridgehead atoms. The summed E-state index contributed by atoms with van der Waals surface area (Å²) in [6, 6.07) is 19.6. The van der Waals surface area contributed by atoms with Crippen LogP contribution in [0, 0.1) is 0 Å². The number of para-hydroxylation sites is 1. The molecule has 0 aliphatic heterocycles. The number of carbonyl (C=O) groups is 1. The highest BCUT2D eigenvalue weighted by molar-refractivity contribution is 7.20. The molecule has 1 amide bonds. The van der Waals surface area contributed by atoms with Gasteiger partial charge in [0.05, 0.1) is 10.9 Å². The molecule has 4 rings (SSSR count). The van der Waals surface area contributed by atoms with Crippen molar-refractivity contribution < 1.29 is 9.21 Å². The normalized spacial score (nSPS) is 12.6. The van der Waals surface area contributed by atoms with Crippen molar-refractivity contribution in [1.29, 1.82) is 0 Å². The average molecular weight is 321 g/mol. The minimum absolute atomic E-state index is 0.0702. The monoisotopic (exact) mass is 321 g/mol. The maximum atomic E-state index is 12.5. The Morgan fingerprint density at radius 3 is 2.57 bits per heavy atom. The second-order valence-electron chi connectivity index (χ2n) is 5.53. The SMILES string of the molecule is C[C@@H](NC(=O)c1cc2ccccc2s1)c1cc2ccccc2o1. The minimum atomic E-state index is -0.180. The van der Waals surface area contributed by atoms with E-state index in [9.17, 15) is 4.79 Å². The van der Waals surface area contributed by atoms with Crippen LogP contribution in [0.1, 0.15) is 28.4 Å². The number of amides is 1. The molecule has 2 heterocycles.